The van der Waals surface area contributed by atoms with Crippen molar-refractivity contribution in [1.82, 2.24) is 4.90 Å². The maximum absolute atomic E-state index is 13.7. The Balaban J connectivity index is 2.93. The largest absolute Gasteiger partial charge is 0.292 e. The minimum Gasteiger partial charge on any atom is -0.292 e. The molecule has 0 heterocycles. The molecule has 5 heteroatoms. The summed E-state index contributed by atoms with van der Waals surface area (Å²) in [6.45, 7) is 6.79. The number of ketones is 1. The average molecular weight is 294 g/mol. The number of nitrogens with zero attached hydrogens (tertiary/aromatic N) is 2. The molecule has 1 atom stereocenters. The van der Waals surface area contributed by atoms with Crippen LogP contribution >= 0.6 is 0 Å². The van der Waals surface area contributed by atoms with Gasteiger partial charge in [0.1, 0.15) is 11.6 Å². The van der Waals surface area contributed by atoms with E-state index in [0.29, 0.717) is 31.5 Å². The number of Topliss-reactive ketones (excluding diaryl/α,β-unsaturated/α-hetero) is 1. The minimum atomic E-state index is -0.850. The first kappa shape index (κ1) is 17.3. The molecule has 0 aliphatic heterocycles. The molecule has 1 rings (SSSR count). The number of hydrogen-bond acceptors (Lipinski definition) is 3. The summed E-state index contributed by atoms with van der Waals surface area (Å²) in [5.41, 5.74) is -0.116. The molecular weight excluding hydrogens is 274 g/mol. The van der Waals surface area contributed by atoms with E-state index in [0.717, 1.165) is 6.07 Å². The van der Waals surface area contributed by atoms with Crippen molar-refractivity contribution in [2.75, 3.05) is 13.1 Å². The Morgan fingerprint density at radius 3 is 2.52 bits per heavy atom. The Labute approximate surface area is 124 Å². The van der Waals surface area contributed by atoms with E-state index in [-0.39, 0.29) is 5.56 Å². The lowest BCUT2D eigenvalue weighted by Crippen LogP contribution is -2.42. The number of nitriles is 1. The average Bonchev–Trinajstić information content (AvgIpc) is 2.41. The number of hydrogen-bond donors (Lipinski definition) is 0. The van der Waals surface area contributed by atoms with Crippen molar-refractivity contribution < 1.29 is 13.6 Å². The summed E-state index contributed by atoms with van der Waals surface area (Å²) in [4.78, 5) is 14.2. The van der Waals surface area contributed by atoms with E-state index in [1.165, 1.54) is 6.07 Å². The fraction of sp³-hybridized carbons (Fsp3) is 0.500. The van der Waals surface area contributed by atoms with Crippen LogP contribution in [0.15, 0.2) is 18.2 Å². The Hall–Kier alpha value is -1.80. The predicted octanol–water partition coefficient (Wildman–Crippen LogP) is 3.41. The van der Waals surface area contributed by atoms with Crippen LogP contribution in [0.25, 0.3) is 0 Å². The van der Waals surface area contributed by atoms with Gasteiger partial charge in [-0.05, 0) is 25.0 Å². The summed E-state index contributed by atoms with van der Waals surface area (Å²) < 4.78 is 26.6. The van der Waals surface area contributed by atoms with Crippen molar-refractivity contribution >= 4 is 5.78 Å². The molecule has 0 saturated heterocycles. The van der Waals surface area contributed by atoms with Gasteiger partial charge in [0.15, 0.2) is 5.78 Å². The highest BCUT2D eigenvalue weighted by Crippen LogP contribution is 2.16. The molecule has 0 N–H and O–H groups in total. The van der Waals surface area contributed by atoms with Crippen molar-refractivity contribution in [2.24, 2.45) is 5.92 Å². The molecule has 0 saturated carbocycles. The Morgan fingerprint density at radius 2 is 2.00 bits per heavy atom. The van der Waals surface area contributed by atoms with E-state index in [4.69, 9.17) is 5.26 Å². The third kappa shape index (κ3) is 4.91. The molecule has 114 valence electrons. The van der Waals surface area contributed by atoms with Gasteiger partial charge in [0.2, 0.25) is 0 Å². The molecule has 0 aliphatic rings. The van der Waals surface area contributed by atoms with Gasteiger partial charge in [0.05, 0.1) is 17.7 Å². The molecule has 21 heavy (non-hydrogen) atoms. The summed E-state index contributed by atoms with van der Waals surface area (Å²) in [6.07, 6.45) is 0.302. The SMILES string of the molecule is CC(C)CN(CCC#N)C(C)C(=O)c1ccc(F)cc1F. The molecule has 1 unspecified atom stereocenters. The van der Waals surface area contributed by atoms with Gasteiger partial charge in [-0.25, -0.2) is 8.78 Å². The van der Waals surface area contributed by atoms with Crippen LogP contribution in [-0.2, 0) is 0 Å². The van der Waals surface area contributed by atoms with Crippen molar-refractivity contribution in [2.45, 2.75) is 33.2 Å². The number of halogens is 2. The molecule has 0 aromatic heterocycles. The summed E-state index contributed by atoms with van der Waals surface area (Å²) in [5.74, 6) is -1.64. The van der Waals surface area contributed by atoms with E-state index < -0.39 is 23.5 Å². The highest BCUT2D eigenvalue weighted by molar-refractivity contribution is 6.00. The minimum absolute atomic E-state index is 0.116. The molecule has 0 bridgehead atoms. The first-order valence-corrected chi connectivity index (χ1v) is 6.97. The van der Waals surface area contributed by atoms with Crippen LogP contribution in [-0.4, -0.2) is 29.8 Å². The molecule has 1 aromatic rings. The fourth-order valence-corrected chi connectivity index (χ4v) is 2.19. The van der Waals surface area contributed by atoms with Crippen molar-refractivity contribution in [3.63, 3.8) is 0 Å². The number of carbonyl (C=O) groups excluding carboxylic acids is 1. The number of rotatable bonds is 7. The molecule has 1 aromatic carbocycles. The van der Waals surface area contributed by atoms with Crippen LogP contribution in [0.5, 0.6) is 0 Å². The second-order valence-electron chi connectivity index (χ2n) is 5.46. The smallest absolute Gasteiger partial charge is 0.182 e. The molecule has 0 aliphatic carbocycles. The lowest BCUT2D eigenvalue weighted by Gasteiger charge is -2.29. The third-order valence-electron chi connectivity index (χ3n) is 3.23. The molecule has 0 fully saturated rings. The van der Waals surface area contributed by atoms with Crippen LogP contribution in [0.2, 0.25) is 0 Å². The summed E-state index contributed by atoms with van der Waals surface area (Å²) in [7, 11) is 0. The second kappa shape index (κ2) is 7.84. The van der Waals surface area contributed by atoms with E-state index in [1.807, 2.05) is 24.8 Å². The van der Waals surface area contributed by atoms with Crippen LogP contribution in [0.4, 0.5) is 8.78 Å². The summed E-state index contributed by atoms with van der Waals surface area (Å²) in [6, 6.07) is 4.45. The van der Waals surface area contributed by atoms with Crippen LogP contribution in [0.3, 0.4) is 0 Å². The number of benzene rings is 1. The zero-order valence-corrected chi connectivity index (χ0v) is 12.6. The Bertz CT molecular complexity index is 538. The first-order chi connectivity index (χ1) is 9.86. The summed E-state index contributed by atoms with van der Waals surface area (Å²) in [5, 5.41) is 8.70. The van der Waals surface area contributed by atoms with Crippen LogP contribution in [0, 0.1) is 28.9 Å². The molecule has 0 radical (unpaired) electrons. The van der Waals surface area contributed by atoms with E-state index >= 15 is 0 Å². The zero-order valence-electron chi connectivity index (χ0n) is 12.6. The van der Waals surface area contributed by atoms with Gasteiger partial charge < -0.3 is 0 Å². The monoisotopic (exact) mass is 294 g/mol. The van der Waals surface area contributed by atoms with Crippen LogP contribution < -0.4 is 0 Å². The maximum atomic E-state index is 13.7. The van der Waals surface area contributed by atoms with Gasteiger partial charge in [-0.2, -0.15) is 5.26 Å². The van der Waals surface area contributed by atoms with Gasteiger partial charge in [-0.15, -0.1) is 0 Å². The number of carbonyl (C=O) groups is 1. The van der Waals surface area contributed by atoms with Gasteiger partial charge in [0.25, 0.3) is 0 Å². The Morgan fingerprint density at radius 1 is 1.33 bits per heavy atom. The summed E-state index contributed by atoms with van der Waals surface area (Å²) >= 11 is 0. The normalized spacial score (nSPS) is 12.5. The van der Waals surface area contributed by atoms with Crippen molar-refractivity contribution in [3.8, 4) is 6.07 Å². The van der Waals surface area contributed by atoms with Gasteiger partial charge in [0, 0.05) is 25.6 Å². The van der Waals surface area contributed by atoms with Gasteiger partial charge in [-0.1, -0.05) is 13.8 Å². The first-order valence-electron chi connectivity index (χ1n) is 6.97. The molecule has 0 spiro atoms. The quantitative estimate of drug-likeness (QED) is 0.724. The van der Waals surface area contributed by atoms with Crippen molar-refractivity contribution in [3.05, 3.63) is 35.4 Å². The highest BCUT2D eigenvalue weighted by Gasteiger charge is 2.25. The van der Waals surface area contributed by atoms with Crippen LogP contribution in [0.1, 0.15) is 37.6 Å². The lowest BCUT2D eigenvalue weighted by molar-refractivity contribution is 0.0820. The van der Waals surface area contributed by atoms with E-state index in [9.17, 15) is 13.6 Å². The second-order valence-corrected chi connectivity index (χ2v) is 5.46. The molecular formula is C16H20F2N2O. The van der Waals surface area contributed by atoms with E-state index in [1.54, 1.807) is 6.92 Å². The van der Waals surface area contributed by atoms with Gasteiger partial charge >= 0.3 is 0 Å². The van der Waals surface area contributed by atoms with Gasteiger partial charge in [-0.3, -0.25) is 9.69 Å². The zero-order chi connectivity index (χ0) is 16.0. The maximum Gasteiger partial charge on any atom is 0.182 e. The van der Waals surface area contributed by atoms with Crippen molar-refractivity contribution in [1.29, 1.82) is 5.26 Å². The standard InChI is InChI=1S/C16H20F2N2O/c1-11(2)10-20(8-4-7-19)12(3)16(21)14-6-5-13(17)9-15(14)18/h5-6,9,11-12H,4,8,10H2,1-3H3. The Kier molecular flexibility index (Phi) is 6.44. The topological polar surface area (TPSA) is 44.1 Å². The fourth-order valence-electron chi connectivity index (χ4n) is 2.19. The third-order valence-corrected chi connectivity index (χ3v) is 3.23. The molecule has 3 nitrogen and oxygen atoms in total. The van der Waals surface area contributed by atoms with E-state index in [2.05, 4.69) is 0 Å². The lowest BCUT2D eigenvalue weighted by atomic mass is 10.0. The predicted molar refractivity (Wildman–Crippen MR) is 76.8 cm³/mol. The highest BCUT2D eigenvalue weighted by atomic mass is 19.1. The molecule has 0 amide bonds.